The average Bonchev–Trinajstić information content (AvgIpc) is 3.55. The van der Waals surface area contributed by atoms with E-state index in [9.17, 15) is 0 Å². The Balaban J connectivity index is 0.000000930. The molecule has 0 aromatic rings. The summed E-state index contributed by atoms with van der Waals surface area (Å²) in [4.78, 5) is 3.26. The Morgan fingerprint density at radius 3 is 1.36 bits per heavy atom. The van der Waals surface area contributed by atoms with Gasteiger partial charge in [-0.25, -0.2) is 0 Å². The van der Waals surface area contributed by atoms with E-state index in [1.807, 2.05) is 0 Å². The summed E-state index contributed by atoms with van der Waals surface area (Å²) >= 11 is 3.79. The first-order valence-electron chi connectivity index (χ1n) is 16.3. The Labute approximate surface area is 290 Å². The quantitative estimate of drug-likeness (QED) is 0.204. The molecular formula is C36H62Cl2S2SiZr. The van der Waals surface area contributed by atoms with Crippen LogP contribution in [0.25, 0.3) is 0 Å². The third-order valence-corrected chi connectivity index (χ3v) is 21.2. The van der Waals surface area contributed by atoms with Crippen LogP contribution >= 0.6 is 40.5 Å². The Hall–Kier alpha value is 1.86. The molecule has 0 radical (unpaired) electrons. The Morgan fingerprint density at radius 1 is 0.667 bits per heavy atom. The fourth-order valence-electron chi connectivity index (χ4n) is 11.3. The van der Waals surface area contributed by atoms with Crippen LogP contribution < -0.4 is 0 Å². The number of thioether (sulfide) groups is 2. The third-order valence-electron chi connectivity index (χ3n) is 13.0. The molecule has 0 saturated heterocycles. The standard InChI is InChI=1S/C34H56S2Si.2CH3.2ClH.Zr/c1-19-15-25-26-16-20(2)36-30(26)32(29(25)35-19)37(9,10)31-27-17-21(33(3,4)5)11-13-23(27)24-14-12-22(18-28(24)31)34(6,7)8;;;;;/h15-16,21-32H,11-14,17-18H2,1-10H3;2*1H3;2*1H;/q;2*-1;;;+4/p-2. The number of hydrogen-bond donors (Lipinski definition) is 0. The van der Waals surface area contributed by atoms with Crippen molar-refractivity contribution in [1.82, 2.24) is 0 Å². The fraction of sp³-hybridized carbons (Fsp3) is 0.833. The number of halogens is 2. The molecule has 2 aliphatic heterocycles. The van der Waals surface area contributed by atoms with Gasteiger partial charge in [-0.05, 0) is 131 Å². The summed E-state index contributed by atoms with van der Waals surface area (Å²) < 4.78 is 0. The topological polar surface area (TPSA) is 0 Å². The van der Waals surface area contributed by atoms with Crippen LogP contribution in [0.3, 0.4) is 0 Å². The molecule has 6 rings (SSSR count). The van der Waals surface area contributed by atoms with E-state index in [-0.39, 0.29) is 14.9 Å². The van der Waals surface area contributed by atoms with Crippen molar-refractivity contribution < 1.29 is 20.8 Å². The molecule has 0 amide bonds. The third kappa shape index (κ3) is 7.01. The van der Waals surface area contributed by atoms with Crippen molar-refractivity contribution in [1.29, 1.82) is 0 Å². The molecule has 0 nitrogen and oxygen atoms in total. The van der Waals surface area contributed by atoms with Crippen LogP contribution in [0.4, 0.5) is 0 Å². The molecule has 4 aliphatic carbocycles. The van der Waals surface area contributed by atoms with E-state index < -0.39 is 28.9 Å². The molecule has 0 aromatic heterocycles. The van der Waals surface area contributed by atoms with E-state index in [2.05, 4.69) is 104 Å². The van der Waals surface area contributed by atoms with Gasteiger partial charge in [0.25, 0.3) is 0 Å². The minimum absolute atomic E-state index is 0. The molecule has 6 aliphatic rings. The minimum atomic E-state index is -1.57. The predicted octanol–water partition coefficient (Wildman–Crippen LogP) is 13.2. The van der Waals surface area contributed by atoms with Gasteiger partial charge in [0.2, 0.25) is 0 Å². The van der Waals surface area contributed by atoms with Crippen LogP contribution in [0.2, 0.25) is 24.2 Å². The van der Waals surface area contributed by atoms with E-state index in [4.69, 9.17) is 17.0 Å². The van der Waals surface area contributed by atoms with E-state index in [0.717, 1.165) is 68.9 Å². The van der Waals surface area contributed by atoms with Crippen molar-refractivity contribution in [2.24, 2.45) is 58.2 Å². The van der Waals surface area contributed by atoms with Crippen LogP contribution in [0.5, 0.6) is 0 Å². The van der Waals surface area contributed by atoms with Crippen LogP contribution in [0.1, 0.15) is 93.9 Å². The maximum absolute atomic E-state index is 4.93. The number of allylic oxidation sites excluding steroid dienone is 4. The normalized spacial score (nSPS) is 42.3. The number of fused-ring (bicyclic) bond motifs is 6. The molecule has 4 fully saturated rings. The second-order valence-electron chi connectivity index (χ2n) is 17.2. The molecule has 0 N–H and O–H groups in total. The molecule has 0 spiro atoms. The summed E-state index contributed by atoms with van der Waals surface area (Å²) in [6, 6.07) is 0. The SMILES string of the molecule is CC1=CC2C3C=C(C)SC3C([Si](C)(C)C3C4CC(C(C)(C)C)CCC4C4CCC(C(C)(C)C)CC43)C2S1.[CH3-].[CH3-].[Cl][Zr+2][Cl]. The summed E-state index contributed by atoms with van der Waals surface area (Å²) in [5.41, 5.74) is 2.95. The van der Waals surface area contributed by atoms with E-state index in [0.29, 0.717) is 10.8 Å². The van der Waals surface area contributed by atoms with Crippen molar-refractivity contribution in [3.8, 4) is 0 Å². The van der Waals surface area contributed by atoms with Crippen molar-refractivity contribution in [2.75, 3.05) is 0 Å². The zero-order valence-corrected chi connectivity index (χ0v) is 35.5. The zero-order valence-electron chi connectivity index (χ0n) is 28.9. The summed E-state index contributed by atoms with van der Waals surface area (Å²) in [6.45, 7) is 26.0. The van der Waals surface area contributed by atoms with Crippen LogP contribution in [-0.2, 0) is 20.8 Å². The van der Waals surface area contributed by atoms with Gasteiger partial charge in [0, 0.05) is 10.5 Å². The van der Waals surface area contributed by atoms with Gasteiger partial charge in [0.05, 0.1) is 8.07 Å². The van der Waals surface area contributed by atoms with Gasteiger partial charge in [-0.3, -0.25) is 0 Å². The monoisotopic (exact) mass is 746 g/mol. The second kappa shape index (κ2) is 14.1. The van der Waals surface area contributed by atoms with Crippen molar-refractivity contribution in [3.63, 3.8) is 0 Å². The zero-order chi connectivity index (χ0) is 29.4. The molecule has 10 unspecified atom stereocenters. The summed E-state index contributed by atoms with van der Waals surface area (Å²) in [6.07, 6.45) is 14.6. The van der Waals surface area contributed by atoms with Crippen molar-refractivity contribution in [2.45, 2.75) is 129 Å². The van der Waals surface area contributed by atoms with Gasteiger partial charge in [0.15, 0.2) is 0 Å². The van der Waals surface area contributed by atoms with E-state index in [1.165, 1.54) is 12.8 Å². The molecule has 6 heteroatoms. The molecule has 42 heavy (non-hydrogen) atoms. The van der Waals surface area contributed by atoms with Gasteiger partial charge in [-0.15, -0.1) is 23.5 Å². The van der Waals surface area contributed by atoms with Crippen molar-refractivity contribution >= 4 is 48.6 Å². The van der Waals surface area contributed by atoms with Gasteiger partial charge in [0.1, 0.15) is 0 Å². The van der Waals surface area contributed by atoms with Gasteiger partial charge >= 0.3 is 37.9 Å². The first-order chi connectivity index (χ1) is 18.6. The van der Waals surface area contributed by atoms with Crippen LogP contribution in [-0.4, -0.2) is 18.6 Å². The summed E-state index contributed by atoms with van der Waals surface area (Å²) in [5.74, 6) is 7.61. The first kappa shape index (κ1) is 38.3. The number of hydrogen-bond acceptors (Lipinski definition) is 2. The molecule has 4 saturated carbocycles. The predicted molar refractivity (Wildman–Crippen MR) is 194 cm³/mol. The van der Waals surface area contributed by atoms with Gasteiger partial charge in [-0.2, -0.15) is 0 Å². The van der Waals surface area contributed by atoms with E-state index in [1.54, 1.807) is 35.5 Å². The molecule has 0 bridgehead atoms. The molecule has 0 aromatic carbocycles. The second-order valence-corrected chi connectivity index (χ2v) is 28.8. The first-order valence-corrected chi connectivity index (χ1v) is 27.5. The van der Waals surface area contributed by atoms with Gasteiger partial charge < -0.3 is 14.9 Å². The molecule has 10 atom stereocenters. The Kier molecular flexibility index (Phi) is 12.9. The van der Waals surface area contributed by atoms with Gasteiger partial charge in [-0.1, -0.05) is 66.8 Å². The Bertz CT molecular complexity index is 927. The van der Waals surface area contributed by atoms with Crippen LogP contribution in [0.15, 0.2) is 22.0 Å². The van der Waals surface area contributed by atoms with Crippen molar-refractivity contribution in [3.05, 3.63) is 36.8 Å². The fourth-order valence-corrected chi connectivity index (χ4v) is 22.2. The molecule has 240 valence electrons. The average molecular weight is 749 g/mol. The van der Waals surface area contributed by atoms with Crippen LogP contribution in [0, 0.1) is 73.0 Å². The molecule has 2 heterocycles. The molecular weight excluding hydrogens is 687 g/mol. The summed E-state index contributed by atoms with van der Waals surface area (Å²) in [7, 11) is 8.30. The number of rotatable bonds is 2. The maximum atomic E-state index is 4.93. The van der Waals surface area contributed by atoms with E-state index >= 15 is 0 Å². The Morgan fingerprint density at radius 2 is 1.02 bits per heavy atom. The summed E-state index contributed by atoms with van der Waals surface area (Å²) in [5, 5.41) is 1.74.